The molecule has 2 aromatic rings. The number of nitrogens with one attached hydrogen (secondary N) is 2. The number of aryl methyl sites for hydroxylation is 3. The van der Waals surface area contributed by atoms with Gasteiger partial charge in [0, 0.05) is 18.3 Å². The molecule has 0 bridgehead atoms. The highest BCUT2D eigenvalue weighted by molar-refractivity contribution is 5.66. The summed E-state index contributed by atoms with van der Waals surface area (Å²) in [6, 6.07) is 8.46. The lowest BCUT2D eigenvalue weighted by molar-refractivity contribution is 0.686. The van der Waals surface area contributed by atoms with Gasteiger partial charge in [0.15, 0.2) is 0 Å². The summed E-state index contributed by atoms with van der Waals surface area (Å²) in [5.41, 5.74) is 3.82. The fourth-order valence-corrected chi connectivity index (χ4v) is 2.56. The second-order valence-corrected chi connectivity index (χ2v) is 6.24. The Morgan fingerprint density at radius 3 is 2.17 bits per heavy atom. The lowest BCUT2D eigenvalue weighted by Crippen LogP contribution is -2.11. The number of rotatable bonds is 7. The van der Waals surface area contributed by atoms with Gasteiger partial charge in [-0.15, -0.1) is 0 Å². The molecule has 1 heterocycles. The Labute approximate surface area is 139 Å². The van der Waals surface area contributed by atoms with E-state index in [4.69, 9.17) is 0 Å². The van der Waals surface area contributed by atoms with E-state index in [1.165, 1.54) is 16.8 Å². The first kappa shape index (κ1) is 17.3. The van der Waals surface area contributed by atoms with Gasteiger partial charge < -0.3 is 10.6 Å². The molecular formula is C19H28N4. The molecule has 4 nitrogen and oxygen atoms in total. The Morgan fingerprint density at radius 1 is 1.00 bits per heavy atom. The minimum atomic E-state index is 0.578. The third kappa shape index (κ3) is 4.68. The van der Waals surface area contributed by atoms with Gasteiger partial charge in [-0.2, -0.15) is 0 Å². The minimum absolute atomic E-state index is 0.578. The molecular weight excluding hydrogens is 284 g/mol. The fraction of sp³-hybridized carbons (Fsp3) is 0.474. The first-order valence-electron chi connectivity index (χ1n) is 8.50. The summed E-state index contributed by atoms with van der Waals surface area (Å²) in [5.74, 6) is 3.07. The number of nitrogens with zero attached hydrogens (tertiary/aromatic N) is 2. The van der Waals surface area contributed by atoms with Crippen molar-refractivity contribution in [2.75, 3.05) is 17.2 Å². The van der Waals surface area contributed by atoms with Gasteiger partial charge >= 0.3 is 0 Å². The summed E-state index contributed by atoms with van der Waals surface area (Å²) >= 11 is 0. The number of hydrogen-bond donors (Lipinski definition) is 2. The Bertz CT molecular complexity index is 628. The molecule has 0 unspecified atom stereocenters. The fourth-order valence-electron chi connectivity index (χ4n) is 2.56. The molecule has 4 heteroatoms. The van der Waals surface area contributed by atoms with Crippen LogP contribution in [0.1, 0.15) is 44.6 Å². The van der Waals surface area contributed by atoms with Crippen molar-refractivity contribution < 1.29 is 0 Å². The van der Waals surface area contributed by atoms with E-state index < -0.39 is 0 Å². The molecule has 0 aliphatic heterocycles. The smallest absolute Gasteiger partial charge is 0.136 e. The first-order valence-corrected chi connectivity index (χ1v) is 8.50. The molecule has 0 saturated heterocycles. The van der Waals surface area contributed by atoms with Crippen LogP contribution in [0.4, 0.5) is 17.3 Å². The minimum Gasteiger partial charge on any atom is -0.370 e. The average molecular weight is 312 g/mol. The van der Waals surface area contributed by atoms with E-state index >= 15 is 0 Å². The molecule has 0 radical (unpaired) electrons. The van der Waals surface area contributed by atoms with E-state index in [2.05, 4.69) is 66.5 Å². The maximum atomic E-state index is 4.54. The molecule has 0 fully saturated rings. The van der Waals surface area contributed by atoms with Crippen molar-refractivity contribution in [2.24, 2.45) is 5.92 Å². The SMILES string of the molecule is CCc1cccc(CC)c1Nc1cc(NCC(C)C)nc(C)n1. The number of anilines is 3. The van der Waals surface area contributed by atoms with Crippen molar-refractivity contribution in [1.82, 2.24) is 9.97 Å². The van der Waals surface area contributed by atoms with Crippen LogP contribution in [0.3, 0.4) is 0 Å². The molecule has 1 aromatic heterocycles. The Kier molecular flexibility index (Phi) is 5.97. The van der Waals surface area contributed by atoms with Gasteiger partial charge in [-0.1, -0.05) is 45.9 Å². The third-order valence-electron chi connectivity index (χ3n) is 3.78. The van der Waals surface area contributed by atoms with Gasteiger partial charge in [0.25, 0.3) is 0 Å². The van der Waals surface area contributed by atoms with Crippen molar-refractivity contribution in [3.63, 3.8) is 0 Å². The van der Waals surface area contributed by atoms with Crippen LogP contribution in [0.25, 0.3) is 0 Å². The van der Waals surface area contributed by atoms with Crippen molar-refractivity contribution in [3.05, 3.63) is 41.2 Å². The van der Waals surface area contributed by atoms with Crippen LogP contribution in [0, 0.1) is 12.8 Å². The highest BCUT2D eigenvalue weighted by atomic mass is 15.1. The average Bonchev–Trinajstić information content (AvgIpc) is 2.52. The lowest BCUT2D eigenvalue weighted by Gasteiger charge is -2.16. The van der Waals surface area contributed by atoms with E-state index in [1.807, 2.05) is 13.0 Å². The van der Waals surface area contributed by atoms with E-state index in [-0.39, 0.29) is 0 Å². The van der Waals surface area contributed by atoms with Crippen LogP contribution >= 0.6 is 0 Å². The van der Waals surface area contributed by atoms with E-state index in [9.17, 15) is 0 Å². The summed E-state index contributed by atoms with van der Waals surface area (Å²) in [6.45, 7) is 11.6. The molecule has 1 aromatic carbocycles. The Morgan fingerprint density at radius 2 is 1.61 bits per heavy atom. The summed E-state index contributed by atoms with van der Waals surface area (Å²) in [6.07, 6.45) is 2.00. The number of aromatic nitrogens is 2. The van der Waals surface area contributed by atoms with Gasteiger partial charge in [0.1, 0.15) is 17.5 Å². The lowest BCUT2D eigenvalue weighted by atomic mass is 10.0. The van der Waals surface area contributed by atoms with Gasteiger partial charge in [-0.25, -0.2) is 9.97 Å². The van der Waals surface area contributed by atoms with Gasteiger partial charge in [-0.3, -0.25) is 0 Å². The quantitative estimate of drug-likeness (QED) is 0.776. The second-order valence-electron chi connectivity index (χ2n) is 6.24. The number of hydrogen-bond acceptors (Lipinski definition) is 4. The largest absolute Gasteiger partial charge is 0.370 e. The second kappa shape index (κ2) is 7.95. The predicted molar refractivity (Wildman–Crippen MR) is 98.6 cm³/mol. The molecule has 0 aliphatic carbocycles. The normalized spacial score (nSPS) is 10.9. The van der Waals surface area contributed by atoms with Crippen LogP contribution in [0.2, 0.25) is 0 Å². The zero-order chi connectivity index (χ0) is 16.8. The van der Waals surface area contributed by atoms with Crippen LogP contribution in [0.5, 0.6) is 0 Å². The predicted octanol–water partition coefficient (Wildman–Crippen LogP) is 4.72. The van der Waals surface area contributed by atoms with E-state index in [0.717, 1.165) is 36.8 Å². The van der Waals surface area contributed by atoms with Crippen LogP contribution in [-0.4, -0.2) is 16.5 Å². The Hall–Kier alpha value is -2.10. The van der Waals surface area contributed by atoms with Crippen molar-refractivity contribution in [3.8, 4) is 0 Å². The van der Waals surface area contributed by atoms with Crippen molar-refractivity contribution in [2.45, 2.75) is 47.5 Å². The Balaban J connectivity index is 2.30. The topological polar surface area (TPSA) is 49.8 Å². The van der Waals surface area contributed by atoms with Gasteiger partial charge in [-0.05, 0) is 36.8 Å². The molecule has 124 valence electrons. The molecule has 23 heavy (non-hydrogen) atoms. The van der Waals surface area contributed by atoms with Crippen molar-refractivity contribution in [1.29, 1.82) is 0 Å². The molecule has 0 amide bonds. The molecule has 0 atom stereocenters. The zero-order valence-electron chi connectivity index (χ0n) is 14.9. The summed E-state index contributed by atoms with van der Waals surface area (Å²) in [7, 11) is 0. The van der Waals surface area contributed by atoms with E-state index in [1.54, 1.807) is 0 Å². The van der Waals surface area contributed by atoms with Gasteiger partial charge in [0.05, 0.1) is 0 Å². The van der Waals surface area contributed by atoms with Crippen LogP contribution < -0.4 is 10.6 Å². The standard InChI is InChI=1S/C19H28N4/c1-6-15-9-8-10-16(7-2)19(15)23-18-11-17(20-12-13(3)4)21-14(5)22-18/h8-11,13H,6-7,12H2,1-5H3,(H2,20,21,22,23). The number of benzene rings is 1. The zero-order valence-corrected chi connectivity index (χ0v) is 14.9. The molecule has 0 aliphatic rings. The molecule has 2 N–H and O–H groups in total. The van der Waals surface area contributed by atoms with Crippen LogP contribution in [-0.2, 0) is 12.8 Å². The highest BCUT2D eigenvalue weighted by Gasteiger charge is 2.09. The van der Waals surface area contributed by atoms with Crippen LogP contribution in [0.15, 0.2) is 24.3 Å². The number of para-hydroxylation sites is 1. The summed E-state index contributed by atoms with van der Waals surface area (Å²) in [5, 5.41) is 6.90. The summed E-state index contributed by atoms with van der Waals surface area (Å²) in [4.78, 5) is 9.02. The monoisotopic (exact) mass is 312 g/mol. The first-order chi connectivity index (χ1) is 11.0. The maximum absolute atomic E-state index is 4.54. The van der Waals surface area contributed by atoms with Gasteiger partial charge in [0.2, 0.25) is 0 Å². The highest BCUT2D eigenvalue weighted by Crippen LogP contribution is 2.26. The third-order valence-corrected chi connectivity index (χ3v) is 3.78. The summed E-state index contributed by atoms with van der Waals surface area (Å²) < 4.78 is 0. The maximum Gasteiger partial charge on any atom is 0.136 e. The molecule has 0 spiro atoms. The van der Waals surface area contributed by atoms with Crippen molar-refractivity contribution >= 4 is 17.3 Å². The van der Waals surface area contributed by atoms with E-state index in [0.29, 0.717) is 5.92 Å². The molecule has 0 saturated carbocycles. The molecule has 2 rings (SSSR count).